The molecule has 11 heavy (non-hydrogen) atoms. The molecule has 0 aliphatic carbocycles. The van der Waals surface area contributed by atoms with Crippen LogP contribution in [0.3, 0.4) is 0 Å². The summed E-state index contributed by atoms with van der Waals surface area (Å²) in [5, 5.41) is 0. The van der Waals surface area contributed by atoms with Gasteiger partial charge >= 0.3 is 0 Å². The van der Waals surface area contributed by atoms with Gasteiger partial charge in [0.25, 0.3) is 0 Å². The van der Waals surface area contributed by atoms with E-state index in [0.29, 0.717) is 0 Å². The van der Waals surface area contributed by atoms with Crippen LogP contribution in [0.4, 0.5) is 0 Å². The van der Waals surface area contributed by atoms with Gasteiger partial charge in [-0.25, -0.2) is 0 Å². The van der Waals surface area contributed by atoms with E-state index in [0.717, 1.165) is 11.3 Å². The number of hydrogen-bond donors (Lipinski definition) is 0. The van der Waals surface area contributed by atoms with Crippen molar-refractivity contribution in [2.45, 2.75) is 6.92 Å². The SMILES string of the molecule is C=CC(/C=C\C)=C(/C=C)N=C. The molecule has 0 atom stereocenters. The topological polar surface area (TPSA) is 12.4 Å². The molecule has 0 saturated carbocycles. The van der Waals surface area contributed by atoms with Crippen LogP contribution in [0.15, 0.2) is 53.7 Å². The van der Waals surface area contributed by atoms with Gasteiger partial charge in [0.05, 0.1) is 5.70 Å². The Bertz CT molecular complexity index is 209. The fourth-order valence-corrected chi connectivity index (χ4v) is 0.711. The van der Waals surface area contributed by atoms with Crippen molar-refractivity contribution < 1.29 is 0 Å². The van der Waals surface area contributed by atoms with Gasteiger partial charge in [0.1, 0.15) is 0 Å². The minimum atomic E-state index is 0.762. The van der Waals surface area contributed by atoms with E-state index in [4.69, 9.17) is 0 Å². The fraction of sp³-hybridized carbons (Fsp3) is 0.100. The van der Waals surface area contributed by atoms with Gasteiger partial charge in [0.2, 0.25) is 0 Å². The lowest BCUT2D eigenvalue weighted by atomic mass is 10.2. The zero-order valence-corrected chi connectivity index (χ0v) is 6.88. The highest BCUT2D eigenvalue weighted by Crippen LogP contribution is 2.08. The van der Waals surface area contributed by atoms with Gasteiger partial charge in [-0.15, -0.1) is 0 Å². The average molecular weight is 147 g/mol. The molecule has 0 aliphatic rings. The summed E-state index contributed by atoms with van der Waals surface area (Å²) < 4.78 is 0. The van der Waals surface area contributed by atoms with Crippen molar-refractivity contribution in [3.05, 3.63) is 48.7 Å². The molecule has 0 N–H and O–H groups in total. The summed E-state index contributed by atoms with van der Waals surface area (Å²) in [6, 6.07) is 0. The summed E-state index contributed by atoms with van der Waals surface area (Å²) in [5.74, 6) is 0. The van der Waals surface area contributed by atoms with Gasteiger partial charge in [-0.3, -0.25) is 4.99 Å². The quantitative estimate of drug-likeness (QED) is 0.428. The Morgan fingerprint density at radius 2 is 1.91 bits per heavy atom. The normalized spacial score (nSPS) is 12.5. The van der Waals surface area contributed by atoms with Gasteiger partial charge in [0.15, 0.2) is 0 Å². The third-order valence-electron chi connectivity index (χ3n) is 1.23. The summed E-state index contributed by atoms with van der Waals surface area (Å²) in [5.41, 5.74) is 1.70. The highest BCUT2D eigenvalue weighted by Gasteiger charge is 1.91. The maximum Gasteiger partial charge on any atom is 0.0688 e. The molecule has 1 heteroatoms. The second kappa shape index (κ2) is 5.42. The van der Waals surface area contributed by atoms with E-state index in [9.17, 15) is 0 Å². The number of rotatable bonds is 4. The molecular weight excluding hydrogens is 134 g/mol. The first kappa shape index (κ1) is 9.63. The largest absolute Gasteiger partial charge is 0.264 e. The highest BCUT2D eigenvalue weighted by atomic mass is 14.7. The molecule has 0 spiro atoms. The van der Waals surface area contributed by atoms with Crippen molar-refractivity contribution >= 4 is 6.72 Å². The summed E-state index contributed by atoms with van der Waals surface area (Å²) in [6.07, 6.45) is 7.22. The third kappa shape index (κ3) is 2.80. The Kier molecular flexibility index (Phi) is 4.74. The van der Waals surface area contributed by atoms with Crippen molar-refractivity contribution in [2.24, 2.45) is 4.99 Å². The molecule has 0 saturated heterocycles. The Labute approximate surface area is 68.2 Å². The molecule has 0 heterocycles. The van der Waals surface area contributed by atoms with Gasteiger partial charge in [-0.2, -0.15) is 0 Å². The molecule has 1 nitrogen and oxygen atoms in total. The zero-order chi connectivity index (χ0) is 8.69. The lowest BCUT2D eigenvalue weighted by Crippen LogP contribution is -1.77. The summed E-state index contributed by atoms with van der Waals surface area (Å²) in [4.78, 5) is 3.79. The molecule has 58 valence electrons. The van der Waals surface area contributed by atoms with E-state index < -0.39 is 0 Å². The Morgan fingerprint density at radius 1 is 1.27 bits per heavy atom. The van der Waals surface area contributed by atoms with Crippen LogP contribution in [0.25, 0.3) is 0 Å². The molecule has 0 amide bonds. The number of hydrogen-bond acceptors (Lipinski definition) is 1. The van der Waals surface area contributed by atoms with Crippen LogP contribution in [0.1, 0.15) is 6.92 Å². The van der Waals surface area contributed by atoms with Crippen molar-refractivity contribution in [3.63, 3.8) is 0 Å². The van der Waals surface area contributed by atoms with Crippen LogP contribution in [-0.2, 0) is 0 Å². The molecule has 0 aromatic heterocycles. The van der Waals surface area contributed by atoms with Crippen molar-refractivity contribution in [2.75, 3.05) is 0 Å². The van der Waals surface area contributed by atoms with Crippen molar-refractivity contribution in [3.8, 4) is 0 Å². The lowest BCUT2D eigenvalue weighted by molar-refractivity contribution is 1.39. The summed E-state index contributed by atoms with van der Waals surface area (Å²) in [7, 11) is 0. The predicted octanol–water partition coefficient (Wildman–Crippen LogP) is 2.89. The van der Waals surface area contributed by atoms with Crippen LogP contribution < -0.4 is 0 Å². The van der Waals surface area contributed by atoms with Crippen molar-refractivity contribution in [1.29, 1.82) is 0 Å². The Morgan fingerprint density at radius 3 is 2.18 bits per heavy atom. The highest BCUT2D eigenvalue weighted by molar-refractivity contribution is 5.43. The average Bonchev–Trinajstić information content (AvgIpc) is 2.05. The predicted molar refractivity (Wildman–Crippen MR) is 51.8 cm³/mol. The van der Waals surface area contributed by atoms with E-state index >= 15 is 0 Å². The smallest absolute Gasteiger partial charge is 0.0688 e. The first-order chi connectivity index (χ1) is 5.29. The molecule has 0 rings (SSSR count). The number of nitrogens with zero attached hydrogens (tertiary/aromatic N) is 1. The van der Waals surface area contributed by atoms with E-state index in [2.05, 4.69) is 24.9 Å². The fourth-order valence-electron chi connectivity index (χ4n) is 0.711. The molecule has 0 radical (unpaired) electrons. The lowest BCUT2D eigenvalue weighted by Gasteiger charge is -1.96. The molecular formula is C10H13N. The van der Waals surface area contributed by atoms with Crippen LogP contribution in [0.5, 0.6) is 0 Å². The molecule has 0 fully saturated rings. The van der Waals surface area contributed by atoms with Gasteiger partial charge in [-0.05, 0) is 25.3 Å². The molecule has 0 aromatic carbocycles. The molecule has 0 aliphatic heterocycles. The summed E-state index contributed by atoms with van der Waals surface area (Å²) in [6.45, 7) is 12.6. The van der Waals surface area contributed by atoms with Crippen molar-refractivity contribution in [1.82, 2.24) is 0 Å². The first-order valence-corrected chi connectivity index (χ1v) is 3.38. The van der Waals surface area contributed by atoms with Crippen LogP contribution >= 0.6 is 0 Å². The van der Waals surface area contributed by atoms with Crippen LogP contribution in [-0.4, -0.2) is 6.72 Å². The second-order valence-corrected chi connectivity index (χ2v) is 1.91. The molecule has 0 aromatic rings. The van der Waals surface area contributed by atoms with E-state index in [-0.39, 0.29) is 0 Å². The summed E-state index contributed by atoms with van der Waals surface area (Å²) >= 11 is 0. The van der Waals surface area contributed by atoms with E-state index in [1.165, 1.54) is 0 Å². The van der Waals surface area contributed by atoms with E-state index in [1.807, 2.05) is 19.1 Å². The van der Waals surface area contributed by atoms with Gasteiger partial charge in [0, 0.05) is 0 Å². The Hall–Kier alpha value is -1.37. The first-order valence-electron chi connectivity index (χ1n) is 3.38. The maximum absolute atomic E-state index is 3.79. The standard InChI is InChI=1S/C10H13N/c1-5-8-9(6-2)10(7-3)11-4/h5-8H,2-4H2,1H3/b8-5-,10-9+. The van der Waals surface area contributed by atoms with E-state index in [1.54, 1.807) is 12.2 Å². The van der Waals surface area contributed by atoms with Crippen LogP contribution in [0.2, 0.25) is 0 Å². The Balaban J connectivity index is 4.90. The maximum atomic E-state index is 3.79. The second-order valence-electron chi connectivity index (χ2n) is 1.91. The minimum Gasteiger partial charge on any atom is -0.264 e. The monoisotopic (exact) mass is 147 g/mol. The van der Waals surface area contributed by atoms with Gasteiger partial charge < -0.3 is 0 Å². The van der Waals surface area contributed by atoms with Crippen LogP contribution in [0, 0.1) is 0 Å². The minimum absolute atomic E-state index is 0.762. The molecule has 0 unspecified atom stereocenters. The number of aliphatic imine (C=N–C) groups is 1. The third-order valence-corrected chi connectivity index (χ3v) is 1.23. The number of allylic oxidation sites excluding steroid dienone is 5. The molecule has 0 bridgehead atoms. The van der Waals surface area contributed by atoms with Gasteiger partial charge in [-0.1, -0.05) is 31.4 Å². The zero-order valence-electron chi connectivity index (χ0n) is 6.88.